The van der Waals surface area contributed by atoms with Crippen LogP contribution in [0.4, 0.5) is 0 Å². The molecule has 1 fully saturated rings. The van der Waals surface area contributed by atoms with E-state index in [-0.39, 0.29) is 12.0 Å². The van der Waals surface area contributed by atoms with Crippen molar-refractivity contribution >= 4 is 17.2 Å². The number of carbonyl (C=O) groups excluding carboxylic acids is 1. The van der Waals surface area contributed by atoms with Gasteiger partial charge in [-0.05, 0) is 24.6 Å². The Morgan fingerprint density at radius 1 is 1.24 bits per heavy atom. The standard InChI is InChI=1S/C19H18N2O3S/c1-13-17(20-18(25-13)15-8-5-10-23-15)19(22)21-9-11-24-16(12-21)14-6-3-2-4-7-14/h2-8,10,16H,9,11-12H2,1H3. The number of morpholine rings is 1. The molecule has 0 aliphatic carbocycles. The number of amides is 1. The van der Waals surface area contributed by atoms with Gasteiger partial charge in [-0.25, -0.2) is 4.98 Å². The zero-order valence-electron chi connectivity index (χ0n) is 13.8. The molecule has 0 N–H and O–H groups in total. The fraction of sp³-hybridized carbons (Fsp3) is 0.263. The number of aromatic nitrogens is 1. The van der Waals surface area contributed by atoms with Crippen LogP contribution in [0.3, 0.4) is 0 Å². The van der Waals surface area contributed by atoms with Crippen LogP contribution >= 0.6 is 11.3 Å². The lowest BCUT2D eigenvalue weighted by atomic mass is 10.1. The number of rotatable bonds is 3. The molecule has 2 aromatic heterocycles. The molecule has 1 atom stereocenters. The van der Waals surface area contributed by atoms with E-state index in [1.807, 2.05) is 54.3 Å². The number of aryl methyl sites for hydroxylation is 1. The Bertz CT molecular complexity index is 858. The number of ether oxygens (including phenoxy) is 1. The zero-order chi connectivity index (χ0) is 17.2. The molecule has 0 radical (unpaired) electrons. The molecule has 128 valence electrons. The second kappa shape index (κ2) is 6.82. The normalized spacial score (nSPS) is 17.6. The third-order valence-corrected chi connectivity index (χ3v) is 5.24. The molecular weight excluding hydrogens is 336 g/mol. The van der Waals surface area contributed by atoms with E-state index >= 15 is 0 Å². The van der Waals surface area contributed by atoms with Crippen LogP contribution in [0, 0.1) is 6.92 Å². The number of hydrogen-bond donors (Lipinski definition) is 0. The monoisotopic (exact) mass is 354 g/mol. The molecule has 1 amide bonds. The first-order valence-corrected chi connectivity index (χ1v) is 9.01. The number of carbonyl (C=O) groups is 1. The quantitative estimate of drug-likeness (QED) is 0.715. The lowest BCUT2D eigenvalue weighted by Gasteiger charge is -2.33. The lowest BCUT2D eigenvalue weighted by Crippen LogP contribution is -2.42. The molecule has 1 saturated heterocycles. The van der Waals surface area contributed by atoms with E-state index in [9.17, 15) is 4.79 Å². The predicted octanol–water partition coefficient (Wildman–Crippen LogP) is 3.93. The highest BCUT2D eigenvalue weighted by atomic mass is 32.1. The Kier molecular flexibility index (Phi) is 4.38. The van der Waals surface area contributed by atoms with Crippen LogP contribution < -0.4 is 0 Å². The molecule has 4 rings (SSSR count). The third kappa shape index (κ3) is 3.23. The molecule has 6 heteroatoms. The van der Waals surface area contributed by atoms with Crippen molar-refractivity contribution < 1.29 is 13.9 Å². The molecule has 0 bridgehead atoms. The average Bonchev–Trinajstić information content (AvgIpc) is 3.31. The second-order valence-electron chi connectivity index (χ2n) is 5.92. The number of furan rings is 1. The van der Waals surface area contributed by atoms with E-state index in [0.717, 1.165) is 15.4 Å². The summed E-state index contributed by atoms with van der Waals surface area (Å²) in [6.07, 6.45) is 1.52. The second-order valence-corrected chi connectivity index (χ2v) is 7.13. The Labute approximate surface area is 149 Å². The van der Waals surface area contributed by atoms with E-state index in [1.54, 1.807) is 6.26 Å². The number of thiazole rings is 1. The molecular formula is C19H18N2O3S. The van der Waals surface area contributed by atoms with Crippen molar-refractivity contribution in [1.29, 1.82) is 0 Å². The average molecular weight is 354 g/mol. The van der Waals surface area contributed by atoms with Crippen molar-refractivity contribution in [3.05, 3.63) is 64.9 Å². The van der Waals surface area contributed by atoms with Crippen molar-refractivity contribution in [3.63, 3.8) is 0 Å². The smallest absolute Gasteiger partial charge is 0.273 e. The summed E-state index contributed by atoms with van der Waals surface area (Å²) in [5.74, 6) is 0.645. The highest BCUT2D eigenvalue weighted by molar-refractivity contribution is 7.15. The van der Waals surface area contributed by atoms with Crippen LogP contribution in [-0.2, 0) is 4.74 Å². The number of nitrogens with zero attached hydrogens (tertiary/aromatic N) is 2. The van der Waals surface area contributed by atoms with Crippen LogP contribution in [0.15, 0.2) is 53.1 Å². The summed E-state index contributed by atoms with van der Waals surface area (Å²) in [7, 11) is 0. The van der Waals surface area contributed by atoms with Crippen LogP contribution in [0.25, 0.3) is 10.8 Å². The Morgan fingerprint density at radius 3 is 2.84 bits per heavy atom. The molecule has 1 unspecified atom stereocenters. The van der Waals surface area contributed by atoms with Gasteiger partial charge in [0.2, 0.25) is 0 Å². The summed E-state index contributed by atoms with van der Waals surface area (Å²) in [5, 5.41) is 0.735. The molecule has 0 spiro atoms. The topological polar surface area (TPSA) is 55.6 Å². The Morgan fingerprint density at radius 2 is 2.08 bits per heavy atom. The molecule has 1 aliphatic heterocycles. The summed E-state index contributed by atoms with van der Waals surface area (Å²) < 4.78 is 11.2. The van der Waals surface area contributed by atoms with Crippen molar-refractivity contribution in [2.75, 3.05) is 19.7 Å². The van der Waals surface area contributed by atoms with E-state index in [0.29, 0.717) is 31.2 Å². The number of hydrogen-bond acceptors (Lipinski definition) is 5. The van der Waals surface area contributed by atoms with Crippen molar-refractivity contribution in [1.82, 2.24) is 9.88 Å². The van der Waals surface area contributed by atoms with Crippen LogP contribution in [0.1, 0.15) is 27.0 Å². The van der Waals surface area contributed by atoms with E-state index < -0.39 is 0 Å². The fourth-order valence-corrected chi connectivity index (χ4v) is 3.83. The van der Waals surface area contributed by atoms with Gasteiger partial charge in [0, 0.05) is 11.4 Å². The van der Waals surface area contributed by atoms with Crippen LogP contribution in [0.5, 0.6) is 0 Å². The first kappa shape index (κ1) is 16.1. The predicted molar refractivity (Wildman–Crippen MR) is 95.6 cm³/mol. The van der Waals surface area contributed by atoms with Gasteiger partial charge in [0.15, 0.2) is 10.8 Å². The lowest BCUT2D eigenvalue weighted by molar-refractivity contribution is -0.0230. The summed E-state index contributed by atoms with van der Waals surface area (Å²) >= 11 is 1.48. The summed E-state index contributed by atoms with van der Waals surface area (Å²) in [4.78, 5) is 20.2. The van der Waals surface area contributed by atoms with E-state index in [1.165, 1.54) is 11.3 Å². The van der Waals surface area contributed by atoms with Gasteiger partial charge in [-0.2, -0.15) is 0 Å². The molecule has 25 heavy (non-hydrogen) atoms. The van der Waals surface area contributed by atoms with Crippen LogP contribution in [-0.4, -0.2) is 35.5 Å². The summed E-state index contributed by atoms with van der Waals surface area (Å²) in [5.41, 5.74) is 1.59. The Balaban J connectivity index is 1.54. The SMILES string of the molecule is Cc1sc(-c2ccco2)nc1C(=O)N1CCOC(c2ccccc2)C1. The van der Waals surface area contributed by atoms with E-state index in [2.05, 4.69) is 4.98 Å². The fourth-order valence-electron chi connectivity index (χ4n) is 2.95. The van der Waals surface area contributed by atoms with Gasteiger partial charge < -0.3 is 14.1 Å². The minimum Gasteiger partial charge on any atom is -0.462 e. The van der Waals surface area contributed by atoms with Gasteiger partial charge in [0.25, 0.3) is 5.91 Å². The maximum Gasteiger partial charge on any atom is 0.273 e. The van der Waals surface area contributed by atoms with Gasteiger partial charge in [0.05, 0.1) is 19.4 Å². The van der Waals surface area contributed by atoms with Gasteiger partial charge in [-0.15, -0.1) is 11.3 Å². The highest BCUT2D eigenvalue weighted by Crippen LogP contribution is 2.30. The van der Waals surface area contributed by atoms with Crippen molar-refractivity contribution in [3.8, 4) is 10.8 Å². The molecule has 5 nitrogen and oxygen atoms in total. The maximum atomic E-state index is 13.0. The zero-order valence-corrected chi connectivity index (χ0v) is 14.7. The minimum absolute atomic E-state index is 0.0456. The largest absolute Gasteiger partial charge is 0.462 e. The highest BCUT2D eigenvalue weighted by Gasteiger charge is 2.28. The van der Waals surface area contributed by atoms with Crippen molar-refractivity contribution in [2.45, 2.75) is 13.0 Å². The van der Waals surface area contributed by atoms with Gasteiger partial charge in [-0.1, -0.05) is 30.3 Å². The van der Waals surface area contributed by atoms with E-state index in [4.69, 9.17) is 9.15 Å². The van der Waals surface area contributed by atoms with Gasteiger partial charge >= 0.3 is 0 Å². The number of benzene rings is 1. The van der Waals surface area contributed by atoms with Crippen molar-refractivity contribution in [2.24, 2.45) is 0 Å². The molecule has 1 aliphatic rings. The Hall–Kier alpha value is -2.44. The van der Waals surface area contributed by atoms with Crippen LogP contribution in [0.2, 0.25) is 0 Å². The molecule has 0 saturated carbocycles. The first-order valence-electron chi connectivity index (χ1n) is 8.19. The van der Waals surface area contributed by atoms with Gasteiger partial charge in [-0.3, -0.25) is 4.79 Å². The molecule has 1 aromatic carbocycles. The molecule has 3 aromatic rings. The summed E-state index contributed by atoms with van der Waals surface area (Å²) in [6.45, 7) is 3.57. The maximum absolute atomic E-state index is 13.0. The first-order chi connectivity index (χ1) is 12.2. The summed E-state index contributed by atoms with van der Waals surface area (Å²) in [6, 6.07) is 13.7. The van der Waals surface area contributed by atoms with Gasteiger partial charge in [0.1, 0.15) is 11.8 Å². The molecule has 3 heterocycles. The third-order valence-electron chi connectivity index (χ3n) is 4.26. The minimum atomic E-state index is -0.0950.